The number of aromatic nitrogens is 1. The third kappa shape index (κ3) is 4.53. The van der Waals surface area contributed by atoms with Gasteiger partial charge < -0.3 is 5.32 Å². The van der Waals surface area contributed by atoms with Crippen LogP contribution in [-0.2, 0) is 4.79 Å². The number of amides is 1. The van der Waals surface area contributed by atoms with E-state index in [1.807, 2.05) is 38.3 Å². The normalized spacial score (nSPS) is 13.4. The molecule has 1 atom stereocenters. The Kier molecular flexibility index (Phi) is 5.63. The van der Waals surface area contributed by atoms with Crippen LogP contribution in [0.3, 0.4) is 0 Å². The Morgan fingerprint density at radius 2 is 2.35 bits per heavy atom. The van der Waals surface area contributed by atoms with Gasteiger partial charge in [0, 0.05) is 17.2 Å². The fraction of sp³-hybridized carbons (Fsp3) is 0.385. The van der Waals surface area contributed by atoms with Crippen molar-refractivity contribution >= 4 is 17.2 Å². The van der Waals surface area contributed by atoms with Gasteiger partial charge in [-0.15, -0.1) is 11.3 Å². The van der Waals surface area contributed by atoms with Crippen molar-refractivity contribution in [1.82, 2.24) is 10.3 Å². The summed E-state index contributed by atoms with van der Waals surface area (Å²) in [7, 11) is 0. The molecule has 17 heavy (non-hydrogen) atoms. The van der Waals surface area contributed by atoms with Gasteiger partial charge in [-0.3, -0.25) is 4.79 Å². The predicted molar refractivity (Wildman–Crippen MR) is 72.0 cm³/mol. The van der Waals surface area contributed by atoms with Gasteiger partial charge in [-0.25, -0.2) is 4.98 Å². The van der Waals surface area contributed by atoms with Gasteiger partial charge in [0.25, 0.3) is 0 Å². The highest BCUT2D eigenvalue weighted by Gasteiger charge is 2.14. The second kappa shape index (κ2) is 7.01. The zero-order valence-electron chi connectivity index (χ0n) is 10.4. The summed E-state index contributed by atoms with van der Waals surface area (Å²) >= 11 is 1.59. The van der Waals surface area contributed by atoms with Crippen LogP contribution < -0.4 is 5.32 Å². The van der Waals surface area contributed by atoms with Crippen molar-refractivity contribution in [3.8, 4) is 0 Å². The molecule has 0 bridgehead atoms. The minimum absolute atomic E-state index is 0.0106. The van der Waals surface area contributed by atoms with Gasteiger partial charge in [-0.05, 0) is 20.3 Å². The van der Waals surface area contributed by atoms with Crippen LogP contribution in [0.25, 0.3) is 0 Å². The lowest BCUT2D eigenvalue weighted by molar-refractivity contribution is -0.117. The Balaban J connectivity index is 2.61. The van der Waals surface area contributed by atoms with Gasteiger partial charge in [-0.1, -0.05) is 25.2 Å². The number of carbonyl (C=O) groups excluding carboxylic acids is 1. The molecule has 0 aromatic carbocycles. The second-order valence-corrected chi connectivity index (χ2v) is 4.57. The highest BCUT2D eigenvalue weighted by Crippen LogP contribution is 2.20. The summed E-state index contributed by atoms with van der Waals surface area (Å²) in [5.74, 6) is -0.0807. The number of thiazole rings is 1. The lowest BCUT2D eigenvalue weighted by Crippen LogP contribution is -2.26. The lowest BCUT2D eigenvalue weighted by Gasteiger charge is -2.12. The number of allylic oxidation sites excluding steroid dienone is 3. The maximum Gasteiger partial charge on any atom is 0.244 e. The Labute approximate surface area is 106 Å². The third-order valence-corrected chi connectivity index (χ3v) is 3.29. The number of hydrogen-bond donors (Lipinski definition) is 1. The SMILES string of the molecule is CC=CC=CC(=O)NC(CC)c1nc(C)cs1. The molecule has 92 valence electrons. The molecule has 0 saturated carbocycles. The first-order valence-corrected chi connectivity index (χ1v) is 6.57. The van der Waals surface area contributed by atoms with Crippen molar-refractivity contribution in [2.24, 2.45) is 0 Å². The summed E-state index contributed by atoms with van der Waals surface area (Å²) in [5.41, 5.74) is 1.00. The van der Waals surface area contributed by atoms with Crippen LogP contribution in [0, 0.1) is 6.92 Å². The zero-order valence-corrected chi connectivity index (χ0v) is 11.3. The van der Waals surface area contributed by atoms with E-state index in [4.69, 9.17) is 0 Å². The largest absolute Gasteiger partial charge is 0.343 e. The average molecular weight is 250 g/mol. The van der Waals surface area contributed by atoms with E-state index in [0.717, 1.165) is 17.1 Å². The van der Waals surface area contributed by atoms with Crippen LogP contribution >= 0.6 is 11.3 Å². The summed E-state index contributed by atoms with van der Waals surface area (Å²) < 4.78 is 0. The molecule has 1 N–H and O–H groups in total. The maximum atomic E-state index is 11.6. The van der Waals surface area contributed by atoms with Crippen LogP contribution in [0.5, 0.6) is 0 Å². The van der Waals surface area contributed by atoms with E-state index in [2.05, 4.69) is 10.3 Å². The highest BCUT2D eigenvalue weighted by atomic mass is 32.1. The fourth-order valence-electron chi connectivity index (χ4n) is 1.34. The number of rotatable bonds is 5. The van der Waals surface area contributed by atoms with Crippen LogP contribution in [0.15, 0.2) is 29.7 Å². The summed E-state index contributed by atoms with van der Waals surface area (Å²) in [6, 6.07) is 0.0106. The summed E-state index contributed by atoms with van der Waals surface area (Å²) in [4.78, 5) is 16.0. The van der Waals surface area contributed by atoms with Crippen molar-refractivity contribution in [2.75, 3.05) is 0 Å². The topological polar surface area (TPSA) is 42.0 Å². The summed E-state index contributed by atoms with van der Waals surface area (Å²) in [5, 5.41) is 5.91. The standard InChI is InChI=1S/C13H18N2OS/c1-4-6-7-8-12(16)15-11(5-2)13-14-10(3)9-17-13/h4,6-9,11H,5H2,1-3H3,(H,15,16). The predicted octanol–water partition coefficient (Wildman–Crippen LogP) is 3.15. The van der Waals surface area contributed by atoms with Crippen molar-refractivity contribution in [3.05, 3.63) is 40.4 Å². The third-order valence-electron chi connectivity index (χ3n) is 2.21. The number of nitrogens with zero attached hydrogens (tertiary/aromatic N) is 1. The van der Waals surface area contributed by atoms with E-state index in [9.17, 15) is 4.79 Å². The molecule has 1 aromatic heterocycles. The smallest absolute Gasteiger partial charge is 0.244 e. The zero-order chi connectivity index (χ0) is 12.7. The molecule has 1 aromatic rings. The molecular weight excluding hydrogens is 232 g/mol. The van der Waals surface area contributed by atoms with Crippen LogP contribution in [0.4, 0.5) is 0 Å². The summed E-state index contributed by atoms with van der Waals surface area (Å²) in [6.45, 7) is 5.91. The Bertz CT molecular complexity index is 421. The van der Waals surface area contributed by atoms with Gasteiger partial charge in [-0.2, -0.15) is 0 Å². The molecule has 1 heterocycles. The molecule has 4 heteroatoms. The first kappa shape index (κ1) is 13.6. The molecule has 0 aliphatic rings. The quantitative estimate of drug-likeness (QED) is 0.644. The van der Waals surface area contributed by atoms with Crippen molar-refractivity contribution in [1.29, 1.82) is 0 Å². The van der Waals surface area contributed by atoms with Gasteiger partial charge in [0.05, 0.1) is 6.04 Å². The average Bonchev–Trinajstić information content (AvgIpc) is 2.73. The fourth-order valence-corrected chi connectivity index (χ4v) is 2.28. The molecular formula is C13H18N2OS. The number of aryl methyl sites for hydroxylation is 1. The molecule has 0 radical (unpaired) electrons. The minimum atomic E-state index is -0.0807. The van der Waals surface area contributed by atoms with Crippen LogP contribution in [-0.4, -0.2) is 10.9 Å². The lowest BCUT2D eigenvalue weighted by atomic mass is 10.2. The van der Waals surface area contributed by atoms with Crippen molar-refractivity contribution < 1.29 is 4.79 Å². The molecule has 0 fully saturated rings. The molecule has 0 spiro atoms. The summed E-state index contributed by atoms with van der Waals surface area (Å²) in [6.07, 6.45) is 7.81. The van der Waals surface area contributed by atoms with Crippen LogP contribution in [0.2, 0.25) is 0 Å². The first-order valence-electron chi connectivity index (χ1n) is 5.69. The van der Waals surface area contributed by atoms with E-state index < -0.39 is 0 Å². The molecule has 0 saturated heterocycles. The molecule has 0 aliphatic carbocycles. The van der Waals surface area contributed by atoms with Gasteiger partial charge >= 0.3 is 0 Å². The highest BCUT2D eigenvalue weighted by molar-refractivity contribution is 7.09. The Hall–Kier alpha value is -1.42. The minimum Gasteiger partial charge on any atom is -0.343 e. The molecule has 1 amide bonds. The maximum absolute atomic E-state index is 11.6. The Morgan fingerprint density at radius 1 is 1.59 bits per heavy atom. The van der Waals surface area contributed by atoms with Crippen molar-refractivity contribution in [2.45, 2.75) is 33.2 Å². The van der Waals surface area contributed by atoms with Gasteiger partial charge in [0.1, 0.15) is 5.01 Å². The number of hydrogen-bond acceptors (Lipinski definition) is 3. The first-order chi connectivity index (χ1) is 8.17. The van der Waals surface area contributed by atoms with E-state index in [0.29, 0.717) is 0 Å². The Morgan fingerprint density at radius 3 is 2.88 bits per heavy atom. The molecule has 1 rings (SSSR count). The number of carbonyl (C=O) groups is 1. The van der Waals surface area contributed by atoms with Gasteiger partial charge in [0.15, 0.2) is 0 Å². The van der Waals surface area contributed by atoms with E-state index in [1.54, 1.807) is 17.4 Å². The second-order valence-electron chi connectivity index (χ2n) is 3.68. The van der Waals surface area contributed by atoms with E-state index in [1.165, 1.54) is 6.08 Å². The van der Waals surface area contributed by atoms with Crippen molar-refractivity contribution in [3.63, 3.8) is 0 Å². The molecule has 3 nitrogen and oxygen atoms in total. The number of nitrogens with one attached hydrogen (secondary N) is 1. The van der Waals surface area contributed by atoms with E-state index >= 15 is 0 Å². The monoisotopic (exact) mass is 250 g/mol. The molecule has 1 unspecified atom stereocenters. The molecule has 0 aliphatic heterocycles. The van der Waals surface area contributed by atoms with E-state index in [-0.39, 0.29) is 11.9 Å². The van der Waals surface area contributed by atoms with Crippen LogP contribution in [0.1, 0.15) is 37.0 Å². The van der Waals surface area contributed by atoms with Gasteiger partial charge in [0.2, 0.25) is 5.91 Å².